The first kappa shape index (κ1) is 14.8. The lowest BCUT2D eigenvalue weighted by Crippen LogP contribution is -2.16. The molecule has 3 nitrogen and oxygen atoms in total. The van der Waals surface area contributed by atoms with Crippen molar-refractivity contribution in [3.63, 3.8) is 0 Å². The van der Waals surface area contributed by atoms with E-state index in [4.69, 9.17) is 16.6 Å². The number of nitrogens with zero attached hydrogens (tertiary/aromatic N) is 2. The van der Waals surface area contributed by atoms with Crippen LogP contribution >= 0.6 is 22.9 Å². The van der Waals surface area contributed by atoms with Gasteiger partial charge in [0.1, 0.15) is 0 Å². The van der Waals surface area contributed by atoms with E-state index in [9.17, 15) is 0 Å². The zero-order chi connectivity index (χ0) is 14.8. The molecule has 1 heterocycles. The van der Waals surface area contributed by atoms with Crippen molar-refractivity contribution in [1.82, 2.24) is 10.3 Å². The first-order chi connectivity index (χ1) is 10.1. The van der Waals surface area contributed by atoms with Crippen LogP contribution in [0.3, 0.4) is 0 Å². The number of hydrogen-bond donors (Lipinski definition) is 1. The van der Waals surface area contributed by atoms with Crippen LogP contribution in [0.15, 0.2) is 24.3 Å². The van der Waals surface area contributed by atoms with Crippen molar-refractivity contribution in [3.8, 4) is 0 Å². The standard InChI is InChI=1S/C16H20ClN3S/c1-11-15(9-18-14-6-7-14)21-16(19-11)20(2)10-12-4-3-5-13(17)8-12/h3-5,8,14,18H,6-7,9-10H2,1-2H3. The molecule has 0 amide bonds. The van der Waals surface area contributed by atoms with Gasteiger partial charge in [0, 0.05) is 36.1 Å². The Labute approximate surface area is 135 Å². The highest BCUT2D eigenvalue weighted by Gasteiger charge is 2.21. The molecule has 1 aliphatic rings. The zero-order valence-corrected chi connectivity index (χ0v) is 14.0. The third-order valence-electron chi connectivity index (χ3n) is 3.65. The highest BCUT2D eigenvalue weighted by atomic mass is 35.5. The van der Waals surface area contributed by atoms with Gasteiger partial charge < -0.3 is 10.2 Å². The second-order valence-corrected chi connectivity index (χ2v) is 7.14. The minimum absolute atomic E-state index is 0.735. The minimum Gasteiger partial charge on any atom is -0.347 e. The zero-order valence-electron chi connectivity index (χ0n) is 12.4. The fourth-order valence-electron chi connectivity index (χ4n) is 2.24. The number of aryl methyl sites for hydroxylation is 1. The van der Waals surface area contributed by atoms with E-state index >= 15 is 0 Å². The molecule has 1 aromatic carbocycles. The lowest BCUT2D eigenvalue weighted by Gasteiger charge is -2.15. The molecule has 0 aliphatic heterocycles. The van der Waals surface area contributed by atoms with E-state index in [0.29, 0.717) is 0 Å². The van der Waals surface area contributed by atoms with E-state index in [1.165, 1.54) is 23.3 Å². The van der Waals surface area contributed by atoms with Crippen LogP contribution in [-0.4, -0.2) is 18.1 Å². The van der Waals surface area contributed by atoms with Crippen molar-refractivity contribution in [2.24, 2.45) is 0 Å². The molecule has 112 valence electrons. The van der Waals surface area contributed by atoms with Gasteiger partial charge >= 0.3 is 0 Å². The molecule has 0 atom stereocenters. The maximum atomic E-state index is 6.04. The molecule has 1 aliphatic carbocycles. The maximum Gasteiger partial charge on any atom is 0.185 e. The Kier molecular flexibility index (Phi) is 4.48. The van der Waals surface area contributed by atoms with Crippen molar-refractivity contribution in [3.05, 3.63) is 45.4 Å². The molecule has 0 spiro atoms. The topological polar surface area (TPSA) is 28.2 Å². The van der Waals surface area contributed by atoms with Crippen LogP contribution in [0.1, 0.15) is 29.0 Å². The molecule has 0 unspecified atom stereocenters. The van der Waals surface area contributed by atoms with Gasteiger partial charge in [0.15, 0.2) is 5.13 Å². The number of benzene rings is 1. The van der Waals surface area contributed by atoms with Gasteiger partial charge in [0.05, 0.1) is 5.69 Å². The van der Waals surface area contributed by atoms with Gasteiger partial charge in [-0.05, 0) is 37.5 Å². The second-order valence-electron chi connectivity index (χ2n) is 5.65. The summed E-state index contributed by atoms with van der Waals surface area (Å²) in [6, 6.07) is 8.73. The van der Waals surface area contributed by atoms with E-state index in [-0.39, 0.29) is 0 Å². The average Bonchev–Trinajstić information content (AvgIpc) is 3.19. The SMILES string of the molecule is Cc1nc(N(C)Cc2cccc(Cl)c2)sc1CNC1CC1. The Morgan fingerprint density at radius 1 is 1.43 bits per heavy atom. The highest BCUT2D eigenvalue weighted by molar-refractivity contribution is 7.15. The van der Waals surface area contributed by atoms with Crippen LogP contribution in [0, 0.1) is 6.92 Å². The largest absolute Gasteiger partial charge is 0.347 e. The summed E-state index contributed by atoms with van der Waals surface area (Å²) in [5.41, 5.74) is 2.34. The van der Waals surface area contributed by atoms with Crippen molar-refractivity contribution in [2.45, 2.75) is 38.9 Å². The van der Waals surface area contributed by atoms with Crippen molar-refractivity contribution in [1.29, 1.82) is 0 Å². The van der Waals surface area contributed by atoms with Crippen LogP contribution in [0.25, 0.3) is 0 Å². The molecule has 1 fully saturated rings. The molecule has 1 saturated carbocycles. The van der Waals surface area contributed by atoms with Crippen LogP contribution in [0.4, 0.5) is 5.13 Å². The monoisotopic (exact) mass is 321 g/mol. The lowest BCUT2D eigenvalue weighted by molar-refractivity contribution is 0.691. The second kappa shape index (κ2) is 6.34. The number of anilines is 1. The van der Waals surface area contributed by atoms with Crippen molar-refractivity contribution >= 4 is 28.1 Å². The Bertz CT molecular complexity index is 622. The Morgan fingerprint density at radius 2 is 2.24 bits per heavy atom. The molecule has 1 N–H and O–H groups in total. The van der Waals surface area contributed by atoms with E-state index in [2.05, 4.69) is 30.3 Å². The summed E-state index contributed by atoms with van der Waals surface area (Å²) < 4.78 is 0. The molecule has 3 rings (SSSR count). The molecule has 1 aromatic heterocycles. The van der Waals surface area contributed by atoms with E-state index in [1.807, 2.05) is 18.2 Å². The van der Waals surface area contributed by atoms with Crippen LogP contribution < -0.4 is 10.2 Å². The molecular formula is C16H20ClN3S. The number of nitrogens with one attached hydrogen (secondary N) is 1. The van der Waals surface area contributed by atoms with Gasteiger partial charge in [0.2, 0.25) is 0 Å². The first-order valence-electron chi connectivity index (χ1n) is 7.27. The summed E-state index contributed by atoms with van der Waals surface area (Å²) in [5, 5.41) is 5.41. The third-order valence-corrected chi connectivity index (χ3v) is 5.15. The molecule has 2 aromatic rings. The Balaban J connectivity index is 1.66. The summed E-state index contributed by atoms with van der Waals surface area (Å²) >= 11 is 7.82. The predicted molar refractivity (Wildman–Crippen MR) is 90.3 cm³/mol. The van der Waals surface area contributed by atoms with Crippen LogP contribution in [0.5, 0.6) is 0 Å². The van der Waals surface area contributed by atoms with Gasteiger partial charge in [0.25, 0.3) is 0 Å². The number of aromatic nitrogens is 1. The average molecular weight is 322 g/mol. The van der Waals surface area contributed by atoms with Gasteiger partial charge in [-0.1, -0.05) is 23.7 Å². The number of halogens is 1. The van der Waals surface area contributed by atoms with Gasteiger partial charge in [-0.25, -0.2) is 4.98 Å². The normalized spacial score (nSPS) is 14.4. The number of rotatable bonds is 6. The van der Waals surface area contributed by atoms with E-state index in [1.54, 1.807) is 11.3 Å². The first-order valence-corrected chi connectivity index (χ1v) is 8.46. The van der Waals surface area contributed by atoms with Crippen LogP contribution in [0.2, 0.25) is 5.02 Å². The van der Waals surface area contributed by atoms with E-state index in [0.717, 1.165) is 35.0 Å². The van der Waals surface area contributed by atoms with Crippen molar-refractivity contribution < 1.29 is 0 Å². The summed E-state index contributed by atoms with van der Waals surface area (Å²) in [7, 11) is 2.08. The summed E-state index contributed by atoms with van der Waals surface area (Å²) in [4.78, 5) is 8.23. The Hall–Kier alpha value is -1.10. The molecule has 21 heavy (non-hydrogen) atoms. The van der Waals surface area contributed by atoms with Gasteiger partial charge in [-0.15, -0.1) is 11.3 Å². The highest BCUT2D eigenvalue weighted by Crippen LogP contribution is 2.28. The maximum absolute atomic E-state index is 6.04. The lowest BCUT2D eigenvalue weighted by atomic mass is 10.2. The van der Waals surface area contributed by atoms with E-state index < -0.39 is 0 Å². The predicted octanol–water partition coefficient (Wildman–Crippen LogP) is 3.99. The molecule has 0 radical (unpaired) electrons. The van der Waals surface area contributed by atoms with Crippen LogP contribution in [-0.2, 0) is 13.1 Å². The third kappa shape index (κ3) is 3.96. The minimum atomic E-state index is 0.735. The van der Waals surface area contributed by atoms with Crippen molar-refractivity contribution in [2.75, 3.05) is 11.9 Å². The summed E-state index contributed by atoms with van der Waals surface area (Å²) in [6.07, 6.45) is 2.64. The van der Waals surface area contributed by atoms with Gasteiger partial charge in [-0.3, -0.25) is 0 Å². The summed E-state index contributed by atoms with van der Waals surface area (Å²) in [5.74, 6) is 0. The molecule has 0 bridgehead atoms. The Morgan fingerprint density at radius 3 is 2.95 bits per heavy atom. The number of hydrogen-bond acceptors (Lipinski definition) is 4. The summed E-state index contributed by atoms with van der Waals surface area (Å²) in [6.45, 7) is 3.86. The smallest absolute Gasteiger partial charge is 0.185 e. The fourth-order valence-corrected chi connectivity index (χ4v) is 3.43. The quantitative estimate of drug-likeness (QED) is 0.872. The molecule has 0 saturated heterocycles. The fraction of sp³-hybridized carbons (Fsp3) is 0.438. The van der Waals surface area contributed by atoms with Gasteiger partial charge in [-0.2, -0.15) is 0 Å². The molecule has 5 heteroatoms. The molecular weight excluding hydrogens is 302 g/mol. The number of thiazole rings is 1.